The molecule has 6 heteroatoms. The van der Waals surface area contributed by atoms with Gasteiger partial charge in [-0.2, -0.15) is 0 Å². The van der Waals surface area contributed by atoms with Crippen molar-refractivity contribution in [3.05, 3.63) is 0 Å². The lowest BCUT2D eigenvalue weighted by Gasteiger charge is -2.03. The molecule has 0 aromatic carbocycles. The number of aliphatic imine (C=N–C) groups is 1. The van der Waals surface area contributed by atoms with Crippen molar-refractivity contribution >= 4 is 11.9 Å². The molecule has 2 atom stereocenters. The molecule has 6 nitrogen and oxygen atoms in total. The number of hydrogen-bond donors (Lipinski definition) is 3. The molecule has 1 saturated heterocycles. The molecule has 0 bridgehead atoms. The second-order valence-corrected chi connectivity index (χ2v) is 2.67. The van der Waals surface area contributed by atoms with E-state index in [1.807, 2.05) is 0 Å². The Hall–Kier alpha value is -1.30. The number of esters is 1. The predicted molar refractivity (Wildman–Crippen MR) is 43.1 cm³/mol. The summed E-state index contributed by atoms with van der Waals surface area (Å²) in [6.45, 7) is 0.293. The van der Waals surface area contributed by atoms with Crippen molar-refractivity contribution in [2.45, 2.75) is 18.6 Å². The van der Waals surface area contributed by atoms with Gasteiger partial charge in [0.2, 0.25) is 0 Å². The monoisotopic (exact) mass is 172 g/mol. The van der Waals surface area contributed by atoms with Crippen LogP contribution in [0, 0.1) is 0 Å². The van der Waals surface area contributed by atoms with Crippen molar-refractivity contribution in [3.63, 3.8) is 0 Å². The van der Waals surface area contributed by atoms with Crippen LogP contribution in [0.25, 0.3) is 0 Å². The number of nitrogens with two attached hydrogens (primary N) is 3. The van der Waals surface area contributed by atoms with E-state index in [1.165, 1.54) is 0 Å². The Bertz CT molecular complexity index is 212. The summed E-state index contributed by atoms with van der Waals surface area (Å²) in [7, 11) is 0. The first-order valence-electron chi connectivity index (χ1n) is 3.61. The normalized spacial score (nSPS) is 28.2. The number of ether oxygens (including phenoxy) is 1. The van der Waals surface area contributed by atoms with Gasteiger partial charge >= 0.3 is 5.97 Å². The van der Waals surface area contributed by atoms with Gasteiger partial charge in [0.15, 0.2) is 5.96 Å². The maximum atomic E-state index is 10.8. The van der Waals surface area contributed by atoms with Gasteiger partial charge in [0, 0.05) is 6.42 Å². The average Bonchev–Trinajstić information content (AvgIpc) is 2.28. The summed E-state index contributed by atoms with van der Waals surface area (Å²) in [5.74, 6) is -0.391. The summed E-state index contributed by atoms with van der Waals surface area (Å²) in [6.07, 6.45) is 0.213. The number of hydrogen-bond acceptors (Lipinski definition) is 4. The van der Waals surface area contributed by atoms with Crippen molar-refractivity contribution < 1.29 is 9.53 Å². The van der Waals surface area contributed by atoms with E-state index < -0.39 is 6.04 Å². The van der Waals surface area contributed by atoms with E-state index in [4.69, 9.17) is 21.9 Å². The molecule has 1 fully saturated rings. The lowest BCUT2D eigenvalue weighted by atomic mass is 10.2. The van der Waals surface area contributed by atoms with Crippen LogP contribution in [0.5, 0.6) is 0 Å². The fourth-order valence-electron chi connectivity index (χ4n) is 0.998. The summed E-state index contributed by atoms with van der Waals surface area (Å²) in [5, 5.41) is 0. The van der Waals surface area contributed by atoms with Crippen LogP contribution < -0.4 is 17.2 Å². The number of carbonyl (C=O) groups is 1. The highest BCUT2D eigenvalue weighted by atomic mass is 16.6. The topological polar surface area (TPSA) is 117 Å². The second-order valence-electron chi connectivity index (χ2n) is 2.67. The first-order chi connectivity index (χ1) is 5.59. The van der Waals surface area contributed by atoms with Crippen LogP contribution in [0.2, 0.25) is 0 Å². The van der Waals surface area contributed by atoms with Gasteiger partial charge in [-0.05, 0) is 0 Å². The van der Waals surface area contributed by atoms with E-state index >= 15 is 0 Å². The van der Waals surface area contributed by atoms with Gasteiger partial charge in [0.05, 0.1) is 6.54 Å². The van der Waals surface area contributed by atoms with Crippen molar-refractivity contribution in [1.29, 1.82) is 0 Å². The molecule has 1 heterocycles. The molecule has 0 amide bonds. The standard InChI is InChI=1S/C6H12N4O2/c7-4-1-3(12-5(4)11)2-10-6(8)9/h3-4H,1-2,7H2,(H4,8,9,10)/t3?,4-/m0/s1. The highest BCUT2D eigenvalue weighted by Gasteiger charge is 2.30. The van der Waals surface area contributed by atoms with Crippen LogP contribution in [0.4, 0.5) is 0 Å². The second kappa shape index (κ2) is 3.40. The molecule has 68 valence electrons. The van der Waals surface area contributed by atoms with Gasteiger partial charge in [0.1, 0.15) is 12.1 Å². The highest BCUT2D eigenvalue weighted by molar-refractivity contribution is 5.78. The number of guanidine groups is 1. The highest BCUT2D eigenvalue weighted by Crippen LogP contribution is 2.12. The molecule has 1 aliphatic rings. The minimum Gasteiger partial charge on any atom is -0.459 e. The van der Waals surface area contributed by atoms with Crippen molar-refractivity contribution in [3.8, 4) is 0 Å². The molecule has 12 heavy (non-hydrogen) atoms. The third-order valence-electron chi connectivity index (χ3n) is 1.58. The SMILES string of the molecule is NC(N)=NCC1C[C@H](N)C(=O)O1. The Kier molecular flexibility index (Phi) is 2.49. The van der Waals surface area contributed by atoms with E-state index in [9.17, 15) is 4.79 Å². The molecule has 1 aliphatic heterocycles. The molecule has 1 rings (SSSR count). The lowest BCUT2D eigenvalue weighted by Crippen LogP contribution is -2.25. The maximum Gasteiger partial charge on any atom is 0.323 e. The van der Waals surface area contributed by atoms with Crippen LogP contribution >= 0.6 is 0 Å². The fourth-order valence-corrected chi connectivity index (χ4v) is 0.998. The quantitative estimate of drug-likeness (QED) is 0.250. The molecule has 0 aromatic heterocycles. The number of cyclic esters (lactones) is 1. The molecule has 0 aliphatic carbocycles. The van der Waals surface area contributed by atoms with Gasteiger partial charge in [-0.15, -0.1) is 0 Å². The van der Waals surface area contributed by atoms with E-state index in [2.05, 4.69) is 4.99 Å². The summed E-state index contributed by atoms with van der Waals surface area (Å²) < 4.78 is 4.84. The number of nitrogens with zero attached hydrogens (tertiary/aromatic N) is 1. The van der Waals surface area contributed by atoms with E-state index in [1.54, 1.807) is 0 Å². The van der Waals surface area contributed by atoms with Gasteiger partial charge < -0.3 is 21.9 Å². The minimum atomic E-state index is -0.524. The summed E-state index contributed by atoms with van der Waals surface area (Å²) in [6, 6.07) is -0.524. The van der Waals surface area contributed by atoms with Gasteiger partial charge in [-0.3, -0.25) is 4.79 Å². The minimum absolute atomic E-state index is 0.00785. The third kappa shape index (κ3) is 2.09. The zero-order valence-corrected chi connectivity index (χ0v) is 6.56. The van der Waals surface area contributed by atoms with Gasteiger partial charge in [-0.1, -0.05) is 0 Å². The molecule has 0 aromatic rings. The molecule has 6 N–H and O–H groups in total. The largest absolute Gasteiger partial charge is 0.459 e. The summed E-state index contributed by atoms with van der Waals surface area (Å²) >= 11 is 0. The number of rotatable bonds is 2. The van der Waals surface area contributed by atoms with Crippen molar-refractivity contribution in [2.24, 2.45) is 22.2 Å². The zero-order valence-electron chi connectivity index (χ0n) is 6.56. The summed E-state index contributed by atoms with van der Waals surface area (Å²) in [4.78, 5) is 14.5. The summed E-state index contributed by atoms with van der Waals surface area (Å²) in [5.41, 5.74) is 15.6. The third-order valence-corrected chi connectivity index (χ3v) is 1.58. The Morgan fingerprint density at radius 2 is 2.33 bits per heavy atom. The van der Waals surface area contributed by atoms with Crippen LogP contribution in [-0.4, -0.2) is 30.6 Å². The molecule has 0 radical (unpaired) electrons. The molecular weight excluding hydrogens is 160 g/mol. The Morgan fingerprint density at radius 3 is 2.75 bits per heavy atom. The Morgan fingerprint density at radius 1 is 1.67 bits per heavy atom. The predicted octanol–water partition coefficient (Wildman–Crippen LogP) is -2.10. The number of carbonyl (C=O) groups excluding carboxylic acids is 1. The average molecular weight is 172 g/mol. The lowest BCUT2D eigenvalue weighted by molar-refractivity contribution is -0.142. The Labute approximate surface area is 69.7 Å². The van der Waals surface area contributed by atoms with Crippen molar-refractivity contribution in [2.75, 3.05) is 6.54 Å². The first kappa shape index (κ1) is 8.79. The van der Waals surface area contributed by atoms with E-state index in [-0.39, 0.29) is 18.0 Å². The van der Waals surface area contributed by atoms with Gasteiger partial charge in [-0.25, -0.2) is 4.99 Å². The smallest absolute Gasteiger partial charge is 0.323 e. The van der Waals surface area contributed by atoms with Gasteiger partial charge in [0.25, 0.3) is 0 Å². The molecular formula is C6H12N4O2. The van der Waals surface area contributed by atoms with Crippen LogP contribution in [0.1, 0.15) is 6.42 Å². The molecule has 0 saturated carbocycles. The zero-order chi connectivity index (χ0) is 9.14. The molecule has 1 unspecified atom stereocenters. The van der Waals surface area contributed by atoms with Crippen molar-refractivity contribution in [1.82, 2.24) is 0 Å². The fraction of sp³-hybridized carbons (Fsp3) is 0.667. The first-order valence-corrected chi connectivity index (χ1v) is 3.61. The van der Waals surface area contributed by atoms with E-state index in [0.717, 1.165) is 0 Å². The van der Waals surface area contributed by atoms with E-state index in [0.29, 0.717) is 13.0 Å². The van der Waals surface area contributed by atoms with Crippen LogP contribution in [0.15, 0.2) is 4.99 Å². The van der Waals surface area contributed by atoms with Crippen LogP contribution in [0.3, 0.4) is 0 Å². The maximum absolute atomic E-state index is 10.8. The molecule has 0 spiro atoms. The Balaban J connectivity index is 2.38. The van der Waals surface area contributed by atoms with Crippen LogP contribution in [-0.2, 0) is 9.53 Å².